The summed E-state index contributed by atoms with van der Waals surface area (Å²) in [4.78, 5) is 57.3. The van der Waals surface area contributed by atoms with Gasteiger partial charge in [0.25, 0.3) is 0 Å². The average Bonchev–Trinajstić information content (AvgIpc) is 3.12. The molecule has 12 nitrogen and oxygen atoms in total. The first kappa shape index (κ1) is 35.0. The highest BCUT2D eigenvalue weighted by molar-refractivity contribution is 5.91. The Bertz CT molecular complexity index is 1550. The van der Waals surface area contributed by atoms with E-state index in [1.165, 1.54) is 6.08 Å². The van der Waals surface area contributed by atoms with E-state index in [4.69, 9.17) is 9.47 Å². The second-order valence-corrected chi connectivity index (χ2v) is 12.0. The number of methoxy groups -OCH3 is 1. The smallest absolute Gasteiger partial charge is 0.407 e. The fourth-order valence-electron chi connectivity index (χ4n) is 6.41. The van der Waals surface area contributed by atoms with Gasteiger partial charge in [0.05, 0.1) is 20.2 Å². The van der Waals surface area contributed by atoms with Crippen molar-refractivity contribution >= 4 is 23.9 Å². The van der Waals surface area contributed by atoms with E-state index in [0.717, 1.165) is 16.7 Å². The third-order valence-electron chi connectivity index (χ3n) is 8.81. The molecule has 2 aliphatic heterocycles. The van der Waals surface area contributed by atoms with Crippen LogP contribution in [-0.2, 0) is 20.9 Å². The molecule has 5 amide bonds. The minimum Gasteiger partial charge on any atom is -0.497 e. The number of nitrogens with one attached hydrogen (secondary N) is 2. The Labute approximate surface area is 287 Å². The topological polar surface area (TPSA) is 124 Å². The van der Waals surface area contributed by atoms with E-state index in [1.54, 1.807) is 34.0 Å². The lowest BCUT2D eigenvalue weighted by Crippen LogP contribution is -2.76. The number of nitrogens with zero attached hydrogens (tertiary/aromatic N) is 4. The van der Waals surface area contributed by atoms with Crippen molar-refractivity contribution in [2.75, 3.05) is 46.9 Å². The van der Waals surface area contributed by atoms with Gasteiger partial charge in [-0.3, -0.25) is 9.59 Å². The van der Waals surface area contributed by atoms with Crippen molar-refractivity contribution in [3.05, 3.63) is 114 Å². The Morgan fingerprint density at radius 2 is 1.61 bits per heavy atom. The summed E-state index contributed by atoms with van der Waals surface area (Å²) in [6.45, 7) is 4.54. The van der Waals surface area contributed by atoms with Crippen LogP contribution in [0.3, 0.4) is 0 Å². The molecule has 0 spiro atoms. The Kier molecular flexibility index (Phi) is 11.9. The van der Waals surface area contributed by atoms with Crippen LogP contribution in [0.15, 0.2) is 97.6 Å². The molecule has 2 atom stereocenters. The summed E-state index contributed by atoms with van der Waals surface area (Å²) in [5.41, 5.74) is 2.98. The van der Waals surface area contributed by atoms with E-state index in [1.807, 2.05) is 84.9 Å². The van der Waals surface area contributed by atoms with Crippen LogP contribution in [-0.4, -0.2) is 103 Å². The molecule has 2 fully saturated rings. The molecule has 2 aliphatic rings. The van der Waals surface area contributed by atoms with Crippen molar-refractivity contribution in [1.82, 2.24) is 30.5 Å². The summed E-state index contributed by atoms with van der Waals surface area (Å²) < 4.78 is 10.2. The van der Waals surface area contributed by atoms with Gasteiger partial charge in [-0.25, -0.2) is 19.6 Å². The second kappa shape index (κ2) is 16.6. The molecule has 3 aromatic rings. The van der Waals surface area contributed by atoms with Gasteiger partial charge in [-0.05, 0) is 41.7 Å². The second-order valence-electron chi connectivity index (χ2n) is 12.0. The number of likely N-dealkylation sites (N-methyl/N-ethyl adjacent to an activating group) is 1. The first-order valence-electron chi connectivity index (χ1n) is 16.4. The SMILES string of the molecule is C=CCOC(=O)NCCCC1C(=O)N(CC(c2ccccc2)c2ccccc2)CC2N1C(=O)CN(C)N2C(=O)NCc1ccc(OC)cc1. The quantitative estimate of drug-likeness (QED) is 0.209. The number of hydrogen-bond acceptors (Lipinski definition) is 7. The number of hydrogen-bond donors (Lipinski definition) is 2. The molecule has 258 valence electrons. The molecule has 0 saturated carbocycles. The van der Waals surface area contributed by atoms with Crippen LogP contribution in [0.4, 0.5) is 9.59 Å². The number of carbonyl (C=O) groups excluding carboxylic acids is 4. The predicted octanol–water partition coefficient (Wildman–Crippen LogP) is 3.96. The van der Waals surface area contributed by atoms with Crippen molar-refractivity contribution in [2.24, 2.45) is 0 Å². The molecule has 0 bridgehead atoms. The maximum absolute atomic E-state index is 14.4. The van der Waals surface area contributed by atoms with Crippen LogP contribution in [0, 0.1) is 0 Å². The lowest BCUT2D eigenvalue weighted by atomic mass is 9.90. The predicted molar refractivity (Wildman–Crippen MR) is 184 cm³/mol. The van der Waals surface area contributed by atoms with Gasteiger partial charge in [0, 0.05) is 32.6 Å². The van der Waals surface area contributed by atoms with E-state index in [9.17, 15) is 19.2 Å². The minimum atomic E-state index is -0.838. The molecule has 3 aromatic carbocycles. The number of alkyl carbamates (subject to hydrolysis) is 1. The summed E-state index contributed by atoms with van der Waals surface area (Å²) >= 11 is 0. The van der Waals surface area contributed by atoms with Crippen LogP contribution in [0.2, 0.25) is 0 Å². The lowest BCUT2D eigenvalue weighted by Gasteiger charge is -2.54. The van der Waals surface area contributed by atoms with Gasteiger partial charge < -0.3 is 29.9 Å². The third-order valence-corrected chi connectivity index (χ3v) is 8.81. The number of hydrazine groups is 1. The molecule has 49 heavy (non-hydrogen) atoms. The number of ether oxygens (including phenoxy) is 2. The zero-order chi connectivity index (χ0) is 34.8. The summed E-state index contributed by atoms with van der Waals surface area (Å²) in [6, 6.07) is 26.2. The van der Waals surface area contributed by atoms with Crippen molar-refractivity contribution in [3.8, 4) is 5.75 Å². The van der Waals surface area contributed by atoms with Gasteiger partial charge in [-0.2, -0.15) is 0 Å². The standard InChI is InChI=1S/C37H44N6O6/c1-4-22-49-37(47)38-21-11-16-32-35(45)41(24-31(28-12-7-5-8-13-28)29-14-9-6-10-15-29)25-33-42(32)34(44)26-40(2)43(33)36(46)39-23-27-17-19-30(48-3)20-18-27/h4-10,12-15,17-20,31-33H,1,11,16,21-26H2,2-3H3,(H,38,47)(H,39,46). The van der Waals surface area contributed by atoms with Crippen LogP contribution < -0.4 is 15.4 Å². The first-order valence-corrected chi connectivity index (χ1v) is 16.4. The molecule has 2 unspecified atom stereocenters. The largest absolute Gasteiger partial charge is 0.497 e. The number of carbonyl (C=O) groups is 4. The van der Waals surface area contributed by atoms with E-state index < -0.39 is 18.3 Å². The molecule has 2 saturated heterocycles. The van der Waals surface area contributed by atoms with Gasteiger partial charge in [0.1, 0.15) is 24.6 Å². The van der Waals surface area contributed by atoms with E-state index in [2.05, 4.69) is 17.2 Å². The zero-order valence-corrected chi connectivity index (χ0v) is 28.0. The number of urea groups is 1. The molecule has 0 radical (unpaired) electrons. The maximum atomic E-state index is 14.4. The normalized spacial score (nSPS) is 17.8. The van der Waals surface area contributed by atoms with E-state index in [0.29, 0.717) is 18.7 Å². The van der Waals surface area contributed by atoms with Crippen molar-refractivity contribution in [1.29, 1.82) is 0 Å². The number of rotatable bonds is 13. The van der Waals surface area contributed by atoms with Gasteiger partial charge in [-0.15, -0.1) is 0 Å². The monoisotopic (exact) mass is 668 g/mol. The van der Waals surface area contributed by atoms with Crippen molar-refractivity contribution in [2.45, 2.75) is 37.5 Å². The number of piperazine rings is 1. The molecule has 2 N–H and O–H groups in total. The average molecular weight is 669 g/mol. The maximum Gasteiger partial charge on any atom is 0.407 e. The summed E-state index contributed by atoms with van der Waals surface area (Å²) in [7, 11) is 3.30. The van der Waals surface area contributed by atoms with Gasteiger partial charge >= 0.3 is 12.1 Å². The minimum absolute atomic E-state index is 0.0704. The summed E-state index contributed by atoms with van der Waals surface area (Å²) in [5.74, 6) is 0.130. The van der Waals surface area contributed by atoms with Gasteiger partial charge in [-0.1, -0.05) is 85.5 Å². The molecule has 0 aliphatic carbocycles. The molecule has 12 heteroatoms. The molecular formula is C37H44N6O6. The van der Waals surface area contributed by atoms with Crippen LogP contribution in [0.25, 0.3) is 0 Å². The molecular weight excluding hydrogens is 624 g/mol. The van der Waals surface area contributed by atoms with E-state index >= 15 is 0 Å². The fraction of sp³-hybridized carbons (Fsp3) is 0.351. The van der Waals surface area contributed by atoms with Crippen LogP contribution in [0.1, 0.15) is 35.4 Å². The van der Waals surface area contributed by atoms with Crippen LogP contribution >= 0.6 is 0 Å². The lowest BCUT2D eigenvalue weighted by molar-refractivity contribution is -0.187. The first-order chi connectivity index (χ1) is 23.8. The van der Waals surface area contributed by atoms with Crippen molar-refractivity contribution < 1.29 is 28.7 Å². The zero-order valence-electron chi connectivity index (χ0n) is 28.0. The number of fused-ring (bicyclic) bond motifs is 1. The van der Waals surface area contributed by atoms with Gasteiger partial charge in [0.2, 0.25) is 11.8 Å². The summed E-state index contributed by atoms with van der Waals surface area (Å²) in [6.07, 6.45) is 0.835. The number of benzene rings is 3. The highest BCUT2D eigenvalue weighted by Gasteiger charge is 2.50. The van der Waals surface area contributed by atoms with Crippen molar-refractivity contribution in [3.63, 3.8) is 0 Å². The fourth-order valence-corrected chi connectivity index (χ4v) is 6.41. The van der Waals surface area contributed by atoms with Gasteiger partial charge in [0.15, 0.2) is 0 Å². The highest BCUT2D eigenvalue weighted by atomic mass is 16.5. The Balaban J connectivity index is 1.41. The Morgan fingerprint density at radius 3 is 2.22 bits per heavy atom. The Morgan fingerprint density at radius 1 is 0.959 bits per heavy atom. The highest BCUT2D eigenvalue weighted by Crippen LogP contribution is 2.32. The molecule has 0 aromatic heterocycles. The number of amides is 5. The third kappa shape index (κ3) is 8.57. The van der Waals surface area contributed by atoms with Crippen LogP contribution in [0.5, 0.6) is 5.75 Å². The summed E-state index contributed by atoms with van der Waals surface area (Å²) in [5, 5.41) is 8.84. The van der Waals surface area contributed by atoms with E-state index in [-0.39, 0.29) is 63.0 Å². The Hall–Kier alpha value is -5.36. The molecule has 5 rings (SSSR count). The molecule has 2 heterocycles.